The molecule has 0 fully saturated rings. The van der Waals surface area contributed by atoms with Crippen molar-refractivity contribution in [2.75, 3.05) is 23.1 Å². The zero-order valence-corrected chi connectivity index (χ0v) is 12.2. The van der Waals surface area contributed by atoms with Crippen LogP contribution in [0.5, 0.6) is 0 Å². The molecule has 0 aromatic heterocycles. The average molecular weight is 294 g/mol. The molecule has 6 heteroatoms. The summed E-state index contributed by atoms with van der Waals surface area (Å²) < 4.78 is 25.3. The molecule has 1 aromatic rings. The Hall–Kier alpha value is -1.82. The van der Waals surface area contributed by atoms with Crippen LogP contribution in [0.4, 0.5) is 5.69 Å². The number of hydrogen-bond donors (Lipinski definition) is 1. The molecular weight excluding hydrogens is 276 g/mol. The molecule has 5 nitrogen and oxygen atoms in total. The van der Waals surface area contributed by atoms with Gasteiger partial charge in [0, 0.05) is 18.7 Å². The summed E-state index contributed by atoms with van der Waals surface area (Å²) >= 11 is 0. The van der Waals surface area contributed by atoms with Gasteiger partial charge in [-0.05, 0) is 37.1 Å². The summed E-state index contributed by atoms with van der Waals surface area (Å²) in [6.07, 6.45) is 2.25. The van der Waals surface area contributed by atoms with Gasteiger partial charge in [-0.1, -0.05) is 6.08 Å². The monoisotopic (exact) mass is 294 g/mol. The summed E-state index contributed by atoms with van der Waals surface area (Å²) in [6, 6.07) is 5.12. The molecule has 0 atom stereocenters. The van der Waals surface area contributed by atoms with E-state index in [0.29, 0.717) is 30.8 Å². The van der Waals surface area contributed by atoms with Gasteiger partial charge in [0.05, 0.1) is 11.4 Å². The van der Waals surface area contributed by atoms with Gasteiger partial charge in [0.1, 0.15) is 0 Å². The topological polar surface area (TPSA) is 66.5 Å². The molecule has 2 rings (SSSR count). The first kappa shape index (κ1) is 14.6. The molecule has 1 N–H and O–H groups in total. The second-order valence-electron chi connectivity index (χ2n) is 4.56. The summed E-state index contributed by atoms with van der Waals surface area (Å²) in [5.74, 6) is -0.0990. The van der Waals surface area contributed by atoms with E-state index in [9.17, 15) is 13.2 Å². The lowest BCUT2D eigenvalue weighted by atomic mass is 10.1. The van der Waals surface area contributed by atoms with E-state index in [4.69, 9.17) is 0 Å². The number of anilines is 1. The summed E-state index contributed by atoms with van der Waals surface area (Å²) in [5.41, 5.74) is 2.13. The molecule has 0 radical (unpaired) electrons. The Morgan fingerprint density at radius 3 is 2.90 bits per heavy atom. The molecule has 1 amide bonds. The van der Waals surface area contributed by atoms with Crippen molar-refractivity contribution in [2.45, 2.75) is 13.3 Å². The SMILES string of the molecule is C=CCNC(=O)c1ccc2c(c1)CCN2S(=O)(=O)CC. The van der Waals surface area contributed by atoms with Crippen molar-refractivity contribution in [2.24, 2.45) is 0 Å². The Kier molecular flexibility index (Phi) is 4.13. The fourth-order valence-corrected chi connectivity index (χ4v) is 3.38. The van der Waals surface area contributed by atoms with Gasteiger partial charge in [-0.15, -0.1) is 6.58 Å². The molecular formula is C14H18N2O3S. The van der Waals surface area contributed by atoms with Crippen LogP contribution in [0, 0.1) is 0 Å². The minimum absolute atomic E-state index is 0.0774. The highest BCUT2D eigenvalue weighted by molar-refractivity contribution is 7.92. The Morgan fingerprint density at radius 2 is 2.25 bits per heavy atom. The fourth-order valence-electron chi connectivity index (χ4n) is 2.22. The summed E-state index contributed by atoms with van der Waals surface area (Å²) in [5, 5.41) is 2.70. The Morgan fingerprint density at radius 1 is 1.50 bits per heavy atom. The maximum Gasteiger partial charge on any atom is 0.251 e. The minimum atomic E-state index is -3.24. The van der Waals surface area contributed by atoms with Crippen LogP contribution in [-0.2, 0) is 16.4 Å². The second kappa shape index (κ2) is 5.66. The van der Waals surface area contributed by atoms with Crippen LogP contribution in [-0.4, -0.2) is 33.2 Å². The number of benzene rings is 1. The summed E-state index contributed by atoms with van der Waals surface area (Å²) in [7, 11) is -3.24. The Balaban J connectivity index is 2.27. The molecule has 0 saturated heterocycles. The van der Waals surface area contributed by atoms with E-state index in [-0.39, 0.29) is 11.7 Å². The molecule has 1 aromatic carbocycles. The predicted molar refractivity (Wildman–Crippen MR) is 79.5 cm³/mol. The molecule has 1 aliphatic rings. The predicted octanol–water partition coefficient (Wildman–Crippen LogP) is 1.31. The van der Waals surface area contributed by atoms with Gasteiger partial charge in [0.25, 0.3) is 5.91 Å². The van der Waals surface area contributed by atoms with Crippen molar-refractivity contribution in [3.8, 4) is 0 Å². The first-order valence-electron chi connectivity index (χ1n) is 6.52. The number of hydrogen-bond acceptors (Lipinski definition) is 3. The van der Waals surface area contributed by atoms with E-state index < -0.39 is 10.0 Å². The number of carbonyl (C=O) groups is 1. The van der Waals surface area contributed by atoms with Gasteiger partial charge in [-0.25, -0.2) is 8.42 Å². The fraction of sp³-hybridized carbons (Fsp3) is 0.357. The van der Waals surface area contributed by atoms with Crippen LogP contribution in [0.2, 0.25) is 0 Å². The number of nitrogens with zero attached hydrogens (tertiary/aromatic N) is 1. The van der Waals surface area contributed by atoms with Crippen molar-refractivity contribution in [3.63, 3.8) is 0 Å². The van der Waals surface area contributed by atoms with Gasteiger partial charge in [0.2, 0.25) is 10.0 Å². The van der Waals surface area contributed by atoms with E-state index >= 15 is 0 Å². The summed E-state index contributed by atoms with van der Waals surface area (Å²) in [6.45, 7) is 6.03. The summed E-state index contributed by atoms with van der Waals surface area (Å²) in [4.78, 5) is 11.8. The van der Waals surface area contributed by atoms with Crippen molar-refractivity contribution in [3.05, 3.63) is 42.0 Å². The third-order valence-corrected chi connectivity index (χ3v) is 5.08. The van der Waals surface area contributed by atoms with Crippen LogP contribution >= 0.6 is 0 Å². The number of fused-ring (bicyclic) bond motifs is 1. The number of nitrogens with one attached hydrogen (secondary N) is 1. The second-order valence-corrected chi connectivity index (χ2v) is 6.75. The third kappa shape index (κ3) is 2.70. The Bertz CT molecular complexity index is 638. The van der Waals surface area contributed by atoms with Crippen LogP contribution in [0.15, 0.2) is 30.9 Å². The zero-order chi connectivity index (χ0) is 14.8. The van der Waals surface area contributed by atoms with Crippen molar-refractivity contribution < 1.29 is 13.2 Å². The number of rotatable bonds is 5. The highest BCUT2D eigenvalue weighted by Gasteiger charge is 2.28. The highest BCUT2D eigenvalue weighted by atomic mass is 32.2. The van der Waals surface area contributed by atoms with Crippen LogP contribution < -0.4 is 9.62 Å². The molecule has 1 aliphatic heterocycles. The van der Waals surface area contributed by atoms with Gasteiger partial charge in [0.15, 0.2) is 0 Å². The maximum absolute atomic E-state index is 12.0. The molecule has 108 valence electrons. The normalized spacial score (nSPS) is 13.9. The standard InChI is InChI=1S/C14H18N2O3S/c1-3-8-15-14(17)12-5-6-13-11(10-12)7-9-16(13)20(18,19)4-2/h3,5-6,10H,1,4,7-9H2,2H3,(H,15,17). The molecule has 1 heterocycles. The third-order valence-electron chi connectivity index (χ3n) is 3.30. The molecule has 20 heavy (non-hydrogen) atoms. The van der Waals surface area contributed by atoms with E-state index in [1.165, 1.54) is 4.31 Å². The van der Waals surface area contributed by atoms with E-state index in [1.54, 1.807) is 31.2 Å². The lowest BCUT2D eigenvalue weighted by Gasteiger charge is -2.18. The molecule has 0 spiro atoms. The lowest BCUT2D eigenvalue weighted by Crippen LogP contribution is -2.30. The largest absolute Gasteiger partial charge is 0.349 e. The van der Waals surface area contributed by atoms with Gasteiger partial charge >= 0.3 is 0 Å². The molecule has 0 bridgehead atoms. The van der Waals surface area contributed by atoms with E-state index in [0.717, 1.165) is 5.56 Å². The highest BCUT2D eigenvalue weighted by Crippen LogP contribution is 2.31. The Labute approximate surface area is 119 Å². The number of amides is 1. The van der Waals surface area contributed by atoms with Gasteiger partial charge in [-0.3, -0.25) is 9.10 Å². The number of carbonyl (C=O) groups excluding carboxylic acids is 1. The van der Waals surface area contributed by atoms with Gasteiger partial charge < -0.3 is 5.32 Å². The minimum Gasteiger partial charge on any atom is -0.349 e. The van der Waals surface area contributed by atoms with Crippen LogP contribution in [0.25, 0.3) is 0 Å². The maximum atomic E-state index is 12.0. The molecule has 0 saturated carbocycles. The van der Waals surface area contributed by atoms with E-state index in [2.05, 4.69) is 11.9 Å². The number of sulfonamides is 1. The van der Waals surface area contributed by atoms with Crippen molar-refractivity contribution in [1.82, 2.24) is 5.32 Å². The first-order chi connectivity index (χ1) is 9.49. The van der Waals surface area contributed by atoms with E-state index in [1.807, 2.05) is 0 Å². The van der Waals surface area contributed by atoms with Crippen LogP contribution in [0.3, 0.4) is 0 Å². The first-order valence-corrected chi connectivity index (χ1v) is 8.13. The zero-order valence-electron chi connectivity index (χ0n) is 11.4. The molecule has 0 aliphatic carbocycles. The smallest absolute Gasteiger partial charge is 0.251 e. The average Bonchev–Trinajstić information content (AvgIpc) is 2.88. The lowest BCUT2D eigenvalue weighted by molar-refractivity contribution is 0.0958. The van der Waals surface area contributed by atoms with Crippen molar-refractivity contribution >= 4 is 21.6 Å². The van der Waals surface area contributed by atoms with Crippen molar-refractivity contribution in [1.29, 1.82) is 0 Å². The molecule has 0 unspecified atom stereocenters. The quantitative estimate of drug-likeness (QED) is 0.833. The van der Waals surface area contributed by atoms with Crippen LogP contribution in [0.1, 0.15) is 22.8 Å². The van der Waals surface area contributed by atoms with Gasteiger partial charge in [-0.2, -0.15) is 0 Å².